The van der Waals surface area contributed by atoms with E-state index >= 15 is 0 Å². The average molecular weight is 117 g/mol. The van der Waals surface area contributed by atoms with Crippen LogP contribution in [0.15, 0.2) is 0 Å². The van der Waals surface area contributed by atoms with E-state index in [0.717, 1.165) is 0 Å². The Labute approximate surface area is 56.2 Å². The van der Waals surface area contributed by atoms with E-state index < -0.39 is 0 Å². The van der Waals surface area contributed by atoms with Crippen molar-refractivity contribution in [3.05, 3.63) is 6.15 Å². The summed E-state index contributed by atoms with van der Waals surface area (Å²) in [7, 11) is 0. The van der Waals surface area contributed by atoms with Crippen molar-refractivity contribution in [1.82, 2.24) is 0 Å². The second-order valence-corrected chi connectivity index (χ2v) is 0. The molecule has 0 aliphatic heterocycles. The third kappa shape index (κ3) is 9.92. The van der Waals surface area contributed by atoms with Crippen LogP contribution in [-0.2, 0) is 21.7 Å². The zero-order chi connectivity index (χ0) is 0. The van der Waals surface area contributed by atoms with E-state index in [-0.39, 0.29) is 56.2 Å². The SMILES string of the molecule is [Al+3].[N-3].[Si].[Ti]. The molecule has 0 heterocycles. The Hall–Kier alpha value is 1.42. The molecule has 0 spiro atoms. The Morgan fingerprint density at radius 1 is 1.00 bits per heavy atom. The summed E-state index contributed by atoms with van der Waals surface area (Å²) in [5.41, 5.74) is 0. The molecule has 0 aromatic heterocycles. The van der Waals surface area contributed by atoms with Crippen molar-refractivity contribution >= 4 is 28.3 Å². The van der Waals surface area contributed by atoms with E-state index in [1.54, 1.807) is 0 Å². The maximum atomic E-state index is 0. The van der Waals surface area contributed by atoms with Crippen LogP contribution < -0.4 is 0 Å². The molecule has 0 rings (SSSR count). The molecule has 16 valence electrons. The summed E-state index contributed by atoms with van der Waals surface area (Å²) in [6, 6.07) is 0. The van der Waals surface area contributed by atoms with Crippen molar-refractivity contribution in [2.45, 2.75) is 0 Å². The van der Waals surface area contributed by atoms with Gasteiger partial charge in [0.2, 0.25) is 0 Å². The van der Waals surface area contributed by atoms with Crippen molar-refractivity contribution in [3.63, 3.8) is 0 Å². The van der Waals surface area contributed by atoms with Crippen molar-refractivity contribution < 1.29 is 21.7 Å². The van der Waals surface area contributed by atoms with Gasteiger partial charge in [-0.1, -0.05) is 0 Å². The first-order valence-electron chi connectivity index (χ1n) is 0. The quantitative estimate of drug-likeness (QED) is 0.384. The average Bonchev–Trinajstić information content (AvgIpc) is 0. The van der Waals surface area contributed by atoms with Crippen LogP contribution in [0.25, 0.3) is 6.15 Å². The third-order valence-electron chi connectivity index (χ3n) is 0. The van der Waals surface area contributed by atoms with Crippen molar-refractivity contribution in [2.75, 3.05) is 0 Å². The molecule has 0 unspecified atom stereocenters. The Bertz CT molecular complexity index is 8.00. The Kier molecular flexibility index (Phi) is 335. The molecule has 0 atom stereocenters. The fraction of sp³-hybridized carbons (Fsp3) is 0. The first-order valence-corrected chi connectivity index (χ1v) is 0. The Morgan fingerprint density at radius 2 is 1.00 bits per heavy atom. The molecule has 0 bridgehead atoms. The third-order valence-corrected chi connectivity index (χ3v) is 0. The van der Waals surface area contributed by atoms with Crippen LogP contribution in [0.1, 0.15) is 0 Å². The topological polar surface area (TPSA) is 30.5 Å². The fourth-order valence-corrected chi connectivity index (χ4v) is 0. The molecule has 4 radical (unpaired) electrons. The van der Waals surface area contributed by atoms with Gasteiger partial charge in [-0.3, -0.25) is 0 Å². The first-order chi connectivity index (χ1) is 0. The number of hydrogen-bond donors (Lipinski definition) is 0. The minimum atomic E-state index is 0. The zero-order valence-electron chi connectivity index (χ0n) is 2.02. The predicted molar refractivity (Wildman–Crippen MR) is 14.9 cm³/mol. The van der Waals surface area contributed by atoms with E-state index in [1.807, 2.05) is 0 Å². The minimum Gasteiger partial charge on any atom is -3.00 e. The van der Waals surface area contributed by atoms with Gasteiger partial charge in [-0.15, -0.1) is 0 Å². The summed E-state index contributed by atoms with van der Waals surface area (Å²) in [5, 5.41) is 0. The number of hydrogen-bond acceptors (Lipinski definition) is 0. The van der Waals surface area contributed by atoms with Gasteiger partial charge in [0, 0.05) is 32.7 Å². The van der Waals surface area contributed by atoms with Gasteiger partial charge in [0.1, 0.15) is 0 Å². The van der Waals surface area contributed by atoms with Gasteiger partial charge in [-0.2, -0.15) is 0 Å². The molecule has 0 aromatic carbocycles. The predicted octanol–water partition coefficient (Wildman–Crippen LogP) is -0.475. The number of nitrogens with zero attached hydrogens (tertiary/aromatic N) is 1. The van der Waals surface area contributed by atoms with E-state index in [0.29, 0.717) is 0 Å². The minimum absolute atomic E-state index is 0. The molecule has 0 aliphatic carbocycles. The van der Waals surface area contributed by atoms with Crippen LogP contribution in [0.2, 0.25) is 0 Å². The van der Waals surface area contributed by atoms with E-state index in [1.165, 1.54) is 0 Å². The van der Waals surface area contributed by atoms with Crippen LogP contribution in [0.5, 0.6) is 0 Å². The molecule has 1 nitrogen and oxygen atoms in total. The molecule has 0 saturated heterocycles. The molecule has 0 amide bonds. The summed E-state index contributed by atoms with van der Waals surface area (Å²) < 4.78 is 0. The molecule has 0 aromatic rings. The van der Waals surface area contributed by atoms with Gasteiger partial charge in [0.15, 0.2) is 0 Å². The molecule has 4 heavy (non-hydrogen) atoms. The van der Waals surface area contributed by atoms with E-state index in [4.69, 9.17) is 0 Å². The van der Waals surface area contributed by atoms with Crippen LogP contribution >= 0.6 is 0 Å². The van der Waals surface area contributed by atoms with Gasteiger partial charge in [0.25, 0.3) is 0 Å². The van der Waals surface area contributed by atoms with Crippen molar-refractivity contribution in [1.29, 1.82) is 0 Å². The summed E-state index contributed by atoms with van der Waals surface area (Å²) in [6.45, 7) is 0. The van der Waals surface area contributed by atoms with Gasteiger partial charge in [0.05, 0.1) is 0 Å². The standard InChI is InChI=1S/Al.N.Si.Ti/q+3;-3;;. The van der Waals surface area contributed by atoms with Gasteiger partial charge >= 0.3 is 17.4 Å². The summed E-state index contributed by atoms with van der Waals surface area (Å²) in [6.07, 6.45) is 0. The van der Waals surface area contributed by atoms with Crippen LogP contribution in [0.4, 0.5) is 0 Å². The molecule has 0 aliphatic rings. The molecule has 0 saturated carbocycles. The zero-order valence-corrected chi connectivity index (χ0v) is 5.74. The van der Waals surface area contributed by atoms with Gasteiger partial charge in [-0.05, 0) is 0 Å². The fourth-order valence-electron chi connectivity index (χ4n) is 0. The maximum absolute atomic E-state index is 0. The van der Waals surface area contributed by atoms with Crippen molar-refractivity contribution in [2.24, 2.45) is 0 Å². The Morgan fingerprint density at radius 3 is 1.00 bits per heavy atom. The van der Waals surface area contributed by atoms with Gasteiger partial charge < -0.3 is 6.15 Å². The second-order valence-electron chi connectivity index (χ2n) is 0. The second kappa shape index (κ2) is 25.6. The van der Waals surface area contributed by atoms with E-state index in [2.05, 4.69) is 0 Å². The molecular weight excluding hydrogens is 117 g/mol. The van der Waals surface area contributed by atoms with Crippen LogP contribution in [0, 0.1) is 0 Å². The molecule has 4 heteroatoms. The summed E-state index contributed by atoms with van der Waals surface area (Å²) in [4.78, 5) is 0. The largest absolute Gasteiger partial charge is 3.00 e. The van der Waals surface area contributed by atoms with Gasteiger partial charge in [-0.25, -0.2) is 0 Å². The normalized spacial score (nSPS) is 0. The van der Waals surface area contributed by atoms with E-state index in [9.17, 15) is 0 Å². The van der Waals surface area contributed by atoms with Crippen molar-refractivity contribution in [3.8, 4) is 0 Å². The molecular formula is AlNSiTi. The summed E-state index contributed by atoms with van der Waals surface area (Å²) in [5.74, 6) is 0. The Balaban J connectivity index is 0. The maximum Gasteiger partial charge on any atom is 3.00 e. The smallest absolute Gasteiger partial charge is 3.00 e. The molecule has 0 N–H and O–H groups in total. The molecule has 0 fully saturated rings. The van der Waals surface area contributed by atoms with Crippen LogP contribution in [-0.4, -0.2) is 28.3 Å². The monoisotopic (exact) mass is 117 g/mol. The first kappa shape index (κ1) is 52.4. The summed E-state index contributed by atoms with van der Waals surface area (Å²) >= 11 is 0. The number of rotatable bonds is 0. The van der Waals surface area contributed by atoms with Crippen LogP contribution in [0.3, 0.4) is 0 Å².